The van der Waals surface area contributed by atoms with Crippen molar-refractivity contribution < 1.29 is 17.6 Å². The van der Waals surface area contributed by atoms with Crippen molar-refractivity contribution >= 4 is 21.7 Å². The smallest absolute Gasteiger partial charge is 0.321 e. The van der Waals surface area contributed by atoms with Crippen LogP contribution in [0.4, 0.5) is 14.9 Å². The Morgan fingerprint density at radius 1 is 1.04 bits per heavy atom. The van der Waals surface area contributed by atoms with Gasteiger partial charge in [0, 0.05) is 25.3 Å². The summed E-state index contributed by atoms with van der Waals surface area (Å²) in [6.07, 6.45) is 6.17. The highest BCUT2D eigenvalue weighted by atomic mass is 32.2. The summed E-state index contributed by atoms with van der Waals surface area (Å²) >= 11 is 0. The number of nitrogens with zero attached hydrogens (tertiary/aromatic N) is 1. The van der Waals surface area contributed by atoms with Gasteiger partial charge in [-0.25, -0.2) is 22.3 Å². The van der Waals surface area contributed by atoms with Gasteiger partial charge in [0.1, 0.15) is 5.82 Å². The van der Waals surface area contributed by atoms with E-state index in [-0.39, 0.29) is 23.0 Å². The topological polar surface area (TPSA) is 78.5 Å². The Morgan fingerprint density at radius 3 is 2.30 bits per heavy atom. The van der Waals surface area contributed by atoms with Crippen LogP contribution in [-0.4, -0.2) is 44.2 Å². The van der Waals surface area contributed by atoms with E-state index in [9.17, 15) is 17.6 Å². The third kappa shape index (κ3) is 5.65. The maximum atomic E-state index is 12.9. The van der Waals surface area contributed by atoms with Crippen LogP contribution in [0, 0.1) is 11.7 Å². The van der Waals surface area contributed by atoms with Gasteiger partial charge in [0.25, 0.3) is 0 Å². The fraction of sp³-hybridized carbons (Fsp3) is 0.632. The molecular formula is C19H28FN3O3S. The number of sulfonamides is 1. The Bertz CT molecular complexity index is 725. The number of hydrogen-bond acceptors (Lipinski definition) is 3. The summed E-state index contributed by atoms with van der Waals surface area (Å²) in [5.74, 6) is -0.0947. The largest absolute Gasteiger partial charge is 0.325 e. The summed E-state index contributed by atoms with van der Waals surface area (Å²) in [6, 6.07) is 5.46. The first-order valence-corrected chi connectivity index (χ1v) is 11.3. The van der Waals surface area contributed by atoms with E-state index < -0.39 is 10.0 Å². The average Bonchev–Trinajstić information content (AvgIpc) is 2.69. The number of halogens is 1. The van der Waals surface area contributed by atoms with Gasteiger partial charge in [-0.15, -0.1) is 0 Å². The third-order valence-corrected chi connectivity index (χ3v) is 7.48. The second-order valence-corrected chi connectivity index (χ2v) is 9.57. The molecule has 1 aromatic carbocycles. The van der Waals surface area contributed by atoms with Crippen molar-refractivity contribution in [2.24, 2.45) is 5.92 Å². The van der Waals surface area contributed by atoms with Crippen molar-refractivity contribution in [3.05, 3.63) is 30.1 Å². The fourth-order valence-corrected chi connectivity index (χ4v) is 5.46. The number of benzene rings is 1. The van der Waals surface area contributed by atoms with E-state index in [1.807, 2.05) is 0 Å². The Hall–Kier alpha value is -1.67. The zero-order valence-corrected chi connectivity index (χ0v) is 16.3. The zero-order valence-electron chi connectivity index (χ0n) is 15.5. The standard InChI is InChI=1S/C19H28FN3O3S/c20-16-6-8-17(9-7-16)22-19(24)23-12-10-15(11-13-23)14-21-27(25,26)18-4-2-1-3-5-18/h6-9,15,18,21H,1-5,10-14H2,(H,22,24). The lowest BCUT2D eigenvalue weighted by Crippen LogP contribution is -2.44. The van der Waals surface area contributed by atoms with Gasteiger partial charge >= 0.3 is 6.03 Å². The number of carbonyl (C=O) groups is 1. The Morgan fingerprint density at radius 2 is 1.67 bits per heavy atom. The van der Waals surface area contributed by atoms with Crippen LogP contribution in [0.2, 0.25) is 0 Å². The number of hydrogen-bond donors (Lipinski definition) is 2. The van der Waals surface area contributed by atoms with Crippen LogP contribution in [-0.2, 0) is 10.0 Å². The van der Waals surface area contributed by atoms with Crippen molar-refractivity contribution in [3.63, 3.8) is 0 Å². The second-order valence-electron chi connectivity index (χ2n) is 7.52. The lowest BCUT2D eigenvalue weighted by atomic mass is 9.97. The minimum atomic E-state index is -3.23. The van der Waals surface area contributed by atoms with Crippen LogP contribution in [0.1, 0.15) is 44.9 Å². The van der Waals surface area contributed by atoms with E-state index in [4.69, 9.17) is 0 Å². The van der Waals surface area contributed by atoms with Crippen LogP contribution in [0.5, 0.6) is 0 Å². The molecule has 2 aliphatic rings. The number of urea groups is 1. The first-order valence-electron chi connectivity index (χ1n) is 9.74. The molecule has 6 nitrogen and oxygen atoms in total. The normalized spacial score (nSPS) is 19.8. The van der Waals surface area contributed by atoms with Crippen LogP contribution in [0.25, 0.3) is 0 Å². The fourth-order valence-electron chi connectivity index (χ4n) is 3.80. The van der Waals surface area contributed by atoms with Crippen LogP contribution in [0.3, 0.4) is 0 Å². The van der Waals surface area contributed by atoms with Gasteiger partial charge < -0.3 is 10.2 Å². The molecule has 2 amide bonds. The number of nitrogens with one attached hydrogen (secondary N) is 2. The molecule has 0 unspecified atom stereocenters. The lowest BCUT2D eigenvalue weighted by Gasteiger charge is -2.32. The van der Waals surface area contributed by atoms with E-state index in [1.54, 1.807) is 4.90 Å². The molecule has 2 fully saturated rings. The summed E-state index contributed by atoms with van der Waals surface area (Å²) in [7, 11) is -3.23. The molecule has 150 valence electrons. The zero-order chi connectivity index (χ0) is 19.3. The van der Waals surface area contributed by atoms with Crippen molar-refractivity contribution in [1.29, 1.82) is 0 Å². The molecule has 1 aliphatic heterocycles. The minimum absolute atomic E-state index is 0.206. The van der Waals surface area contributed by atoms with Gasteiger partial charge in [-0.05, 0) is 55.9 Å². The maximum Gasteiger partial charge on any atom is 0.321 e. The quantitative estimate of drug-likeness (QED) is 0.800. The summed E-state index contributed by atoms with van der Waals surface area (Å²) in [4.78, 5) is 14.0. The van der Waals surface area contributed by atoms with Gasteiger partial charge in [-0.3, -0.25) is 0 Å². The Labute approximate surface area is 160 Å². The molecule has 1 saturated carbocycles. The molecule has 1 aromatic rings. The molecule has 1 heterocycles. The summed E-state index contributed by atoms with van der Waals surface area (Å²) in [6.45, 7) is 1.62. The van der Waals surface area contributed by atoms with Crippen LogP contribution < -0.4 is 10.0 Å². The molecule has 0 aromatic heterocycles. The van der Waals surface area contributed by atoms with Gasteiger partial charge in [0.05, 0.1) is 5.25 Å². The molecular weight excluding hydrogens is 369 g/mol. The SMILES string of the molecule is O=C(Nc1ccc(F)cc1)N1CCC(CNS(=O)(=O)C2CCCCC2)CC1. The molecule has 27 heavy (non-hydrogen) atoms. The highest BCUT2D eigenvalue weighted by molar-refractivity contribution is 7.90. The van der Waals surface area contributed by atoms with Crippen molar-refractivity contribution in [1.82, 2.24) is 9.62 Å². The monoisotopic (exact) mass is 397 g/mol. The molecule has 2 N–H and O–H groups in total. The van der Waals surface area contributed by atoms with E-state index in [1.165, 1.54) is 24.3 Å². The summed E-state index contributed by atoms with van der Waals surface area (Å²) < 4.78 is 40.6. The first kappa shape index (κ1) is 20.1. The lowest BCUT2D eigenvalue weighted by molar-refractivity contribution is 0.183. The number of carbonyl (C=O) groups excluding carboxylic acids is 1. The molecule has 1 aliphatic carbocycles. The van der Waals surface area contributed by atoms with Crippen LogP contribution >= 0.6 is 0 Å². The van der Waals surface area contributed by atoms with Crippen molar-refractivity contribution in [3.8, 4) is 0 Å². The second kappa shape index (κ2) is 9.01. The molecule has 0 bridgehead atoms. The van der Waals surface area contributed by atoms with Crippen LogP contribution in [0.15, 0.2) is 24.3 Å². The molecule has 1 saturated heterocycles. The highest BCUT2D eigenvalue weighted by Gasteiger charge is 2.29. The van der Waals surface area contributed by atoms with E-state index >= 15 is 0 Å². The molecule has 0 spiro atoms. The molecule has 3 rings (SSSR count). The van der Waals surface area contributed by atoms with Gasteiger partial charge in [-0.2, -0.15) is 0 Å². The molecule has 0 radical (unpaired) electrons. The average molecular weight is 398 g/mol. The van der Waals surface area contributed by atoms with Crippen molar-refractivity contribution in [2.75, 3.05) is 25.0 Å². The predicted octanol–water partition coefficient (Wildman–Crippen LogP) is 3.32. The van der Waals surface area contributed by atoms with Gasteiger partial charge in [0.2, 0.25) is 10.0 Å². The van der Waals surface area contributed by atoms with Gasteiger partial charge in [-0.1, -0.05) is 19.3 Å². The molecule has 8 heteroatoms. The van der Waals surface area contributed by atoms with Gasteiger partial charge in [0.15, 0.2) is 0 Å². The Balaban J connectivity index is 1.41. The number of anilines is 1. The molecule has 0 atom stereocenters. The highest BCUT2D eigenvalue weighted by Crippen LogP contribution is 2.24. The number of likely N-dealkylation sites (tertiary alicyclic amines) is 1. The van der Waals surface area contributed by atoms with Crippen molar-refractivity contribution in [2.45, 2.75) is 50.2 Å². The third-order valence-electron chi connectivity index (χ3n) is 5.56. The number of amides is 2. The number of piperidine rings is 1. The van der Waals surface area contributed by atoms with E-state index in [2.05, 4.69) is 10.0 Å². The Kier molecular flexibility index (Phi) is 6.70. The summed E-state index contributed by atoms with van der Waals surface area (Å²) in [5, 5.41) is 2.52. The number of rotatable bonds is 5. The minimum Gasteiger partial charge on any atom is -0.325 e. The first-order chi connectivity index (χ1) is 12.9. The maximum absolute atomic E-state index is 12.9. The van der Waals surface area contributed by atoms with E-state index in [0.29, 0.717) is 25.3 Å². The van der Waals surface area contributed by atoms with E-state index in [0.717, 1.165) is 44.9 Å². The summed E-state index contributed by atoms with van der Waals surface area (Å²) in [5.41, 5.74) is 0.559. The predicted molar refractivity (Wildman–Crippen MR) is 104 cm³/mol.